The average molecular weight is 200 g/mol. The molecule has 0 radical (unpaired) electrons. The highest BCUT2D eigenvalue weighted by atomic mass is 19.4. The van der Waals surface area contributed by atoms with E-state index < -0.39 is 11.7 Å². The zero-order chi connectivity index (χ0) is 10.8. The van der Waals surface area contributed by atoms with E-state index in [0.717, 1.165) is 23.3 Å². The van der Waals surface area contributed by atoms with Gasteiger partial charge in [0, 0.05) is 0 Å². The number of hydrogen-bond acceptors (Lipinski definition) is 0. The van der Waals surface area contributed by atoms with Crippen LogP contribution in [0.4, 0.5) is 13.2 Å². The number of halogens is 3. The Labute approximate surface area is 81.1 Å². The maximum atomic E-state index is 12.2. The van der Waals surface area contributed by atoms with Gasteiger partial charge in [-0.05, 0) is 37.1 Å². The molecular formula is C11H11F3. The molecule has 0 fully saturated rings. The molecule has 1 aromatic rings. The van der Waals surface area contributed by atoms with Crippen LogP contribution in [0.3, 0.4) is 0 Å². The highest BCUT2D eigenvalue weighted by Crippen LogP contribution is 2.29. The highest BCUT2D eigenvalue weighted by Gasteiger charge is 2.29. The molecule has 76 valence electrons. The molecule has 14 heavy (non-hydrogen) atoms. The first-order valence-electron chi connectivity index (χ1n) is 4.25. The minimum atomic E-state index is -4.25. The summed E-state index contributed by atoms with van der Waals surface area (Å²) in [5, 5.41) is 0. The molecule has 0 nitrogen and oxygen atoms in total. The van der Waals surface area contributed by atoms with E-state index in [9.17, 15) is 13.2 Å². The molecule has 0 amide bonds. The number of hydrogen-bond donors (Lipinski definition) is 0. The van der Waals surface area contributed by atoms with Crippen molar-refractivity contribution < 1.29 is 13.2 Å². The van der Waals surface area contributed by atoms with Crippen molar-refractivity contribution in [3.8, 4) is 0 Å². The van der Waals surface area contributed by atoms with Crippen molar-refractivity contribution in [2.45, 2.75) is 20.0 Å². The van der Waals surface area contributed by atoms with Crippen LogP contribution in [0, 0.1) is 0 Å². The Bertz CT molecular complexity index is 331. The molecule has 0 N–H and O–H groups in total. The van der Waals surface area contributed by atoms with E-state index in [1.54, 1.807) is 0 Å². The van der Waals surface area contributed by atoms with Crippen LogP contribution in [-0.4, -0.2) is 0 Å². The second kappa shape index (κ2) is 3.86. The SMILES string of the molecule is C/C=C(/C)c1ccc(C(F)(F)F)cc1. The Morgan fingerprint density at radius 3 is 2.00 bits per heavy atom. The van der Waals surface area contributed by atoms with Gasteiger partial charge in [-0.25, -0.2) is 0 Å². The largest absolute Gasteiger partial charge is 0.416 e. The minimum Gasteiger partial charge on any atom is -0.166 e. The third-order valence-corrected chi connectivity index (χ3v) is 2.10. The number of rotatable bonds is 1. The molecule has 0 aromatic heterocycles. The lowest BCUT2D eigenvalue weighted by atomic mass is 10.1. The van der Waals surface area contributed by atoms with Gasteiger partial charge in [0.15, 0.2) is 0 Å². The Hall–Kier alpha value is -1.25. The Morgan fingerprint density at radius 2 is 1.64 bits per heavy atom. The molecule has 0 aliphatic heterocycles. The van der Waals surface area contributed by atoms with E-state index in [-0.39, 0.29) is 0 Å². The Morgan fingerprint density at radius 1 is 1.14 bits per heavy atom. The van der Waals surface area contributed by atoms with Crippen molar-refractivity contribution in [1.29, 1.82) is 0 Å². The van der Waals surface area contributed by atoms with Crippen LogP contribution in [0.25, 0.3) is 5.57 Å². The van der Waals surface area contributed by atoms with Crippen LogP contribution in [0.5, 0.6) is 0 Å². The van der Waals surface area contributed by atoms with Crippen LogP contribution in [0.15, 0.2) is 30.3 Å². The number of alkyl halides is 3. The number of benzene rings is 1. The summed E-state index contributed by atoms with van der Waals surface area (Å²) < 4.78 is 36.6. The molecule has 0 unspecified atom stereocenters. The maximum Gasteiger partial charge on any atom is 0.416 e. The minimum absolute atomic E-state index is 0.606. The van der Waals surface area contributed by atoms with Crippen molar-refractivity contribution in [3.63, 3.8) is 0 Å². The summed E-state index contributed by atoms with van der Waals surface area (Å²) in [6, 6.07) is 5.17. The third kappa shape index (κ3) is 2.37. The monoisotopic (exact) mass is 200 g/mol. The number of allylic oxidation sites excluding steroid dienone is 2. The molecule has 0 atom stereocenters. The predicted octanol–water partition coefficient (Wildman–Crippen LogP) is 4.13. The van der Waals surface area contributed by atoms with Gasteiger partial charge in [-0.3, -0.25) is 0 Å². The van der Waals surface area contributed by atoms with E-state index >= 15 is 0 Å². The second-order valence-corrected chi connectivity index (χ2v) is 3.05. The van der Waals surface area contributed by atoms with Crippen LogP contribution >= 0.6 is 0 Å². The van der Waals surface area contributed by atoms with E-state index in [0.29, 0.717) is 0 Å². The van der Waals surface area contributed by atoms with Gasteiger partial charge in [0.25, 0.3) is 0 Å². The normalized spacial score (nSPS) is 13.1. The summed E-state index contributed by atoms with van der Waals surface area (Å²) in [6.07, 6.45) is -2.38. The molecule has 0 heterocycles. The topological polar surface area (TPSA) is 0 Å². The molecule has 0 saturated carbocycles. The van der Waals surface area contributed by atoms with Gasteiger partial charge in [-0.15, -0.1) is 0 Å². The molecule has 0 spiro atoms. The average Bonchev–Trinajstić information content (AvgIpc) is 2.15. The molecule has 1 rings (SSSR count). The zero-order valence-electron chi connectivity index (χ0n) is 8.02. The van der Waals surface area contributed by atoms with Gasteiger partial charge in [-0.2, -0.15) is 13.2 Å². The highest BCUT2D eigenvalue weighted by molar-refractivity contribution is 5.63. The van der Waals surface area contributed by atoms with Crippen molar-refractivity contribution in [2.75, 3.05) is 0 Å². The van der Waals surface area contributed by atoms with Gasteiger partial charge in [0.2, 0.25) is 0 Å². The summed E-state index contributed by atoms with van der Waals surface area (Å²) in [5.41, 5.74) is 1.18. The van der Waals surface area contributed by atoms with Crippen molar-refractivity contribution >= 4 is 5.57 Å². The zero-order valence-corrected chi connectivity index (χ0v) is 8.02. The van der Waals surface area contributed by atoms with Crippen LogP contribution in [-0.2, 0) is 6.18 Å². The molecule has 1 aromatic carbocycles. The maximum absolute atomic E-state index is 12.2. The van der Waals surface area contributed by atoms with Crippen LogP contribution < -0.4 is 0 Å². The van der Waals surface area contributed by atoms with Gasteiger partial charge < -0.3 is 0 Å². The third-order valence-electron chi connectivity index (χ3n) is 2.10. The Balaban J connectivity index is 3.01. The standard InChI is InChI=1S/C11H11F3/c1-3-8(2)9-4-6-10(7-5-9)11(12,13)14/h3-7H,1-2H3/b8-3-. The summed E-state index contributed by atoms with van der Waals surface area (Å²) in [5.74, 6) is 0. The van der Waals surface area contributed by atoms with Crippen molar-refractivity contribution in [1.82, 2.24) is 0 Å². The van der Waals surface area contributed by atoms with E-state index in [4.69, 9.17) is 0 Å². The quantitative estimate of drug-likeness (QED) is 0.639. The van der Waals surface area contributed by atoms with Gasteiger partial charge >= 0.3 is 6.18 Å². The van der Waals surface area contributed by atoms with E-state index in [1.807, 2.05) is 19.9 Å². The van der Waals surface area contributed by atoms with Gasteiger partial charge in [0.1, 0.15) is 0 Å². The van der Waals surface area contributed by atoms with Crippen molar-refractivity contribution in [2.24, 2.45) is 0 Å². The first-order chi connectivity index (χ1) is 6.45. The lowest BCUT2D eigenvalue weighted by Crippen LogP contribution is -2.04. The lowest BCUT2D eigenvalue weighted by molar-refractivity contribution is -0.137. The predicted molar refractivity (Wildman–Crippen MR) is 50.8 cm³/mol. The molecule has 0 bridgehead atoms. The van der Waals surface area contributed by atoms with E-state index in [1.165, 1.54) is 12.1 Å². The van der Waals surface area contributed by atoms with E-state index in [2.05, 4.69) is 0 Å². The van der Waals surface area contributed by atoms with Gasteiger partial charge in [0.05, 0.1) is 5.56 Å². The fraction of sp³-hybridized carbons (Fsp3) is 0.273. The van der Waals surface area contributed by atoms with Crippen LogP contribution in [0.2, 0.25) is 0 Å². The summed E-state index contributed by atoms with van der Waals surface area (Å²) in [4.78, 5) is 0. The molecular weight excluding hydrogens is 189 g/mol. The van der Waals surface area contributed by atoms with Gasteiger partial charge in [-0.1, -0.05) is 18.2 Å². The fourth-order valence-electron chi connectivity index (χ4n) is 1.09. The lowest BCUT2D eigenvalue weighted by Gasteiger charge is -2.07. The summed E-state index contributed by atoms with van der Waals surface area (Å²) >= 11 is 0. The molecule has 0 saturated heterocycles. The second-order valence-electron chi connectivity index (χ2n) is 3.05. The molecule has 0 aliphatic carbocycles. The Kier molecular flexibility index (Phi) is 2.99. The fourth-order valence-corrected chi connectivity index (χ4v) is 1.09. The molecule has 3 heteroatoms. The summed E-state index contributed by atoms with van der Waals surface area (Å²) in [6.45, 7) is 3.72. The molecule has 0 aliphatic rings. The summed E-state index contributed by atoms with van der Waals surface area (Å²) in [7, 11) is 0. The van der Waals surface area contributed by atoms with Crippen molar-refractivity contribution in [3.05, 3.63) is 41.5 Å². The first kappa shape index (κ1) is 10.8. The smallest absolute Gasteiger partial charge is 0.166 e. The first-order valence-corrected chi connectivity index (χ1v) is 4.25. The van der Waals surface area contributed by atoms with Crippen LogP contribution in [0.1, 0.15) is 25.0 Å².